The Labute approximate surface area is 109 Å². The van der Waals surface area contributed by atoms with Gasteiger partial charge in [0.25, 0.3) is 0 Å². The predicted molar refractivity (Wildman–Crippen MR) is 72.3 cm³/mol. The summed E-state index contributed by atoms with van der Waals surface area (Å²) >= 11 is 0. The normalized spacial score (nSPS) is 16.6. The van der Waals surface area contributed by atoms with Crippen molar-refractivity contribution in [2.75, 3.05) is 0 Å². The zero-order valence-electron chi connectivity index (χ0n) is 11.4. The first-order valence-electron chi connectivity index (χ1n) is 6.89. The number of esters is 1. The summed E-state index contributed by atoms with van der Waals surface area (Å²) in [7, 11) is 0. The Morgan fingerprint density at radius 1 is 1.11 bits per heavy atom. The van der Waals surface area contributed by atoms with Crippen LogP contribution in [0.5, 0.6) is 0 Å². The van der Waals surface area contributed by atoms with Crippen molar-refractivity contribution in [1.82, 2.24) is 0 Å². The number of benzene rings is 1. The summed E-state index contributed by atoms with van der Waals surface area (Å²) < 4.78 is 5.44. The molecule has 1 aromatic rings. The van der Waals surface area contributed by atoms with Crippen LogP contribution in [0.3, 0.4) is 0 Å². The van der Waals surface area contributed by atoms with Crippen molar-refractivity contribution < 1.29 is 9.53 Å². The van der Waals surface area contributed by atoms with E-state index in [9.17, 15) is 4.79 Å². The first-order chi connectivity index (χ1) is 8.65. The molecular formula is C16H22O2. The van der Waals surface area contributed by atoms with Gasteiger partial charge in [0, 0.05) is 0 Å². The molecule has 1 saturated carbocycles. The van der Waals surface area contributed by atoms with Crippen LogP contribution in [0.4, 0.5) is 0 Å². The molecule has 1 aliphatic carbocycles. The molecule has 0 saturated heterocycles. The smallest absolute Gasteiger partial charge is 0.309 e. The second-order valence-electron chi connectivity index (χ2n) is 5.44. The standard InChI is InChI=1S/C16H22O2/c1-12-8-13(2)10-14(9-12)11-18-16(17)15-6-4-3-5-7-15/h8-10,15H,3-7,11H2,1-2H3. The van der Waals surface area contributed by atoms with Crippen molar-refractivity contribution in [2.24, 2.45) is 5.92 Å². The second-order valence-corrected chi connectivity index (χ2v) is 5.44. The highest BCUT2D eigenvalue weighted by Gasteiger charge is 2.22. The molecule has 2 heteroatoms. The zero-order valence-corrected chi connectivity index (χ0v) is 11.4. The monoisotopic (exact) mass is 246 g/mol. The molecule has 0 N–H and O–H groups in total. The maximum Gasteiger partial charge on any atom is 0.309 e. The van der Waals surface area contributed by atoms with E-state index in [-0.39, 0.29) is 11.9 Å². The van der Waals surface area contributed by atoms with Crippen molar-refractivity contribution in [3.05, 3.63) is 34.9 Å². The van der Waals surface area contributed by atoms with Crippen LogP contribution in [0.15, 0.2) is 18.2 Å². The van der Waals surface area contributed by atoms with Gasteiger partial charge < -0.3 is 4.74 Å². The third-order valence-corrected chi connectivity index (χ3v) is 3.60. The van der Waals surface area contributed by atoms with Gasteiger partial charge in [0.05, 0.1) is 5.92 Å². The number of rotatable bonds is 3. The lowest BCUT2D eigenvalue weighted by Gasteiger charge is -2.20. The number of ether oxygens (including phenoxy) is 1. The van der Waals surface area contributed by atoms with Gasteiger partial charge in [0.1, 0.15) is 6.61 Å². The van der Waals surface area contributed by atoms with Crippen LogP contribution < -0.4 is 0 Å². The van der Waals surface area contributed by atoms with Gasteiger partial charge in [-0.05, 0) is 32.3 Å². The summed E-state index contributed by atoms with van der Waals surface area (Å²) in [5.74, 6) is 0.138. The molecule has 2 rings (SSSR count). The lowest BCUT2D eigenvalue weighted by molar-refractivity contribution is -0.151. The Hall–Kier alpha value is -1.31. The molecule has 0 aliphatic heterocycles. The third-order valence-electron chi connectivity index (χ3n) is 3.60. The van der Waals surface area contributed by atoms with Gasteiger partial charge in [-0.2, -0.15) is 0 Å². The fourth-order valence-corrected chi connectivity index (χ4v) is 2.76. The number of aryl methyl sites for hydroxylation is 2. The minimum Gasteiger partial charge on any atom is -0.461 e. The Balaban J connectivity index is 1.88. The van der Waals surface area contributed by atoms with Crippen molar-refractivity contribution in [3.63, 3.8) is 0 Å². The van der Waals surface area contributed by atoms with Gasteiger partial charge in [0.2, 0.25) is 0 Å². The predicted octanol–water partition coefficient (Wildman–Crippen LogP) is 3.93. The van der Waals surface area contributed by atoms with Crippen LogP contribution in [-0.4, -0.2) is 5.97 Å². The first-order valence-corrected chi connectivity index (χ1v) is 6.89. The molecule has 0 spiro atoms. The molecule has 0 aromatic heterocycles. The maximum absolute atomic E-state index is 11.9. The van der Waals surface area contributed by atoms with E-state index in [1.165, 1.54) is 30.4 Å². The van der Waals surface area contributed by atoms with Crippen molar-refractivity contribution in [1.29, 1.82) is 0 Å². The molecule has 0 atom stereocenters. The highest BCUT2D eigenvalue weighted by atomic mass is 16.5. The largest absolute Gasteiger partial charge is 0.461 e. The molecule has 0 heterocycles. The molecular weight excluding hydrogens is 224 g/mol. The van der Waals surface area contributed by atoms with E-state index in [2.05, 4.69) is 32.0 Å². The summed E-state index contributed by atoms with van der Waals surface area (Å²) in [5.41, 5.74) is 3.54. The molecule has 98 valence electrons. The molecule has 0 unspecified atom stereocenters. The average molecular weight is 246 g/mol. The summed E-state index contributed by atoms with van der Waals surface area (Å²) in [6.45, 7) is 4.55. The lowest BCUT2D eigenvalue weighted by atomic mass is 9.89. The third kappa shape index (κ3) is 3.59. The van der Waals surface area contributed by atoms with Crippen molar-refractivity contribution in [2.45, 2.75) is 52.6 Å². The van der Waals surface area contributed by atoms with E-state index in [1.54, 1.807) is 0 Å². The highest BCUT2D eigenvalue weighted by Crippen LogP contribution is 2.25. The fourth-order valence-electron chi connectivity index (χ4n) is 2.76. The Bertz CT molecular complexity index is 397. The molecule has 1 aliphatic rings. The van der Waals surface area contributed by atoms with E-state index in [0.717, 1.165) is 18.4 Å². The van der Waals surface area contributed by atoms with E-state index >= 15 is 0 Å². The number of hydrogen-bond acceptors (Lipinski definition) is 2. The number of carbonyl (C=O) groups is 1. The SMILES string of the molecule is Cc1cc(C)cc(COC(=O)C2CCCCC2)c1. The van der Waals surface area contributed by atoms with Gasteiger partial charge in [0.15, 0.2) is 0 Å². The summed E-state index contributed by atoms with van der Waals surface area (Å²) in [6.07, 6.45) is 5.62. The minimum absolute atomic E-state index is 0.00569. The second kappa shape index (κ2) is 6.03. The Morgan fingerprint density at radius 2 is 1.72 bits per heavy atom. The topological polar surface area (TPSA) is 26.3 Å². The van der Waals surface area contributed by atoms with Gasteiger partial charge in [-0.25, -0.2) is 0 Å². The maximum atomic E-state index is 11.9. The van der Waals surface area contributed by atoms with Crippen molar-refractivity contribution >= 4 is 5.97 Å². The lowest BCUT2D eigenvalue weighted by Crippen LogP contribution is -2.20. The zero-order chi connectivity index (χ0) is 13.0. The number of carbonyl (C=O) groups excluding carboxylic acids is 1. The average Bonchev–Trinajstić information content (AvgIpc) is 2.36. The molecule has 0 bridgehead atoms. The van der Waals surface area contributed by atoms with E-state index in [4.69, 9.17) is 4.74 Å². The van der Waals surface area contributed by atoms with Crippen LogP contribution >= 0.6 is 0 Å². The van der Waals surface area contributed by atoms with Gasteiger partial charge in [-0.1, -0.05) is 48.6 Å². The summed E-state index contributed by atoms with van der Waals surface area (Å²) in [4.78, 5) is 11.9. The molecule has 1 fully saturated rings. The van der Waals surface area contributed by atoms with E-state index in [1.807, 2.05) is 0 Å². The van der Waals surface area contributed by atoms with Crippen LogP contribution in [-0.2, 0) is 16.1 Å². The summed E-state index contributed by atoms with van der Waals surface area (Å²) in [5, 5.41) is 0. The van der Waals surface area contributed by atoms with Gasteiger partial charge in [-0.3, -0.25) is 4.79 Å². The quantitative estimate of drug-likeness (QED) is 0.755. The Kier molecular flexibility index (Phi) is 4.40. The minimum atomic E-state index is -0.00569. The van der Waals surface area contributed by atoms with Crippen LogP contribution in [0.2, 0.25) is 0 Å². The van der Waals surface area contributed by atoms with Crippen LogP contribution in [0.25, 0.3) is 0 Å². The van der Waals surface area contributed by atoms with Crippen LogP contribution in [0, 0.1) is 19.8 Å². The Morgan fingerprint density at radius 3 is 2.33 bits per heavy atom. The molecule has 2 nitrogen and oxygen atoms in total. The first kappa shape index (κ1) is 13.1. The van der Waals surface area contributed by atoms with E-state index in [0.29, 0.717) is 6.61 Å². The molecule has 0 amide bonds. The molecule has 1 aromatic carbocycles. The van der Waals surface area contributed by atoms with Gasteiger partial charge >= 0.3 is 5.97 Å². The molecule has 18 heavy (non-hydrogen) atoms. The number of hydrogen-bond donors (Lipinski definition) is 0. The van der Waals surface area contributed by atoms with Crippen molar-refractivity contribution in [3.8, 4) is 0 Å². The van der Waals surface area contributed by atoms with Crippen LogP contribution in [0.1, 0.15) is 48.8 Å². The highest BCUT2D eigenvalue weighted by molar-refractivity contribution is 5.72. The van der Waals surface area contributed by atoms with Gasteiger partial charge in [-0.15, -0.1) is 0 Å². The fraction of sp³-hybridized carbons (Fsp3) is 0.562. The summed E-state index contributed by atoms with van der Waals surface area (Å²) in [6, 6.07) is 6.30. The van der Waals surface area contributed by atoms with E-state index < -0.39 is 0 Å². The molecule has 0 radical (unpaired) electrons.